The summed E-state index contributed by atoms with van der Waals surface area (Å²) in [7, 11) is -3.90. The monoisotopic (exact) mass is 420 g/mol. The van der Waals surface area contributed by atoms with Crippen LogP contribution in [-0.4, -0.2) is 19.5 Å². The molecule has 0 unspecified atom stereocenters. The van der Waals surface area contributed by atoms with E-state index in [9.17, 15) is 13.2 Å². The van der Waals surface area contributed by atoms with Gasteiger partial charge in [0.15, 0.2) is 0 Å². The summed E-state index contributed by atoms with van der Waals surface area (Å²) in [5, 5.41) is 4.22. The number of sulfonamides is 1. The molecule has 0 saturated carbocycles. The van der Waals surface area contributed by atoms with Crippen LogP contribution in [0.25, 0.3) is 0 Å². The number of anilines is 1. The number of esters is 1. The molecule has 0 saturated heterocycles. The van der Waals surface area contributed by atoms with Gasteiger partial charge in [-0.25, -0.2) is 13.2 Å². The van der Waals surface area contributed by atoms with Crippen LogP contribution in [-0.2, 0) is 21.4 Å². The van der Waals surface area contributed by atoms with E-state index in [4.69, 9.17) is 20.9 Å². The Balaban J connectivity index is 1.80. The Labute approximate surface area is 167 Å². The van der Waals surface area contributed by atoms with E-state index in [0.717, 1.165) is 0 Å². The lowest BCUT2D eigenvalue weighted by Crippen LogP contribution is -2.16. The maximum absolute atomic E-state index is 12.6. The first-order chi connectivity index (χ1) is 13.3. The van der Waals surface area contributed by atoms with Crippen molar-refractivity contribution in [2.45, 2.75) is 25.3 Å². The Morgan fingerprint density at radius 1 is 1.14 bits per heavy atom. The second kappa shape index (κ2) is 8.04. The van der Waals surface area contributed by atoms with Gasteiger partial charge in [-0.2, -0.15) is 0 Å². The van der Waals surface area contributed by atoms with Gasteiger partial charge in [-0.05, 0) is 50.2 Å². The van der Waals surface area contributed by atoms with E-state index in [1.54, 1.807) is 26.0 Å². The molecular weight excluding hydrogens is 404 g/mol. The first-order valence-electron chi connectivity index (χ1n) is 8.24. The van der Waals surface area contributed by atoms with E-state index in [-0.39, 0.29) is 22.8 Å². The molecule has 0 atom stereocenters. The standard InChI is InChI=1S/C19H17ClN2O5S/c1-12-17(13(2)27-21-12)11-26-19(23)16-5-3-4-6-18(16)22-28(24,25)15-9-7-14(20)8-10-15/h3-10,22H,11H2,1-2H3. The van der Waals surface area contributed by atoms with Gasteiger partial charge >= 0.3 is 5.97 Å². The van der Waals surface area contributed by atoms with Crippen molar-refractivity contribution in [3.63, 3.8) is 0 Å². The molecule has 1 aromatic heterocycles. The van der Waals surface area contributed by atoms with Crippen LogP contribution in [0.4, 0.5) is 5.69 Å². The van der Waals surface area contributed by atoms with Crippen molar-refractivity contribution in [1.29, 1.82) is 0 Å². The number of nitrogens with one attached hydrogen (secondary N) is 1. The normalized spacial score (nSPS) is 11.2. The topological polar surface area (TPSA) is 98.5 Å². The molecule has 28 heavy (non-hydrogen) atoms. The van der Waals surface area contributed by atoms with E-state index >= 15 is 0 Å². The van der Waals surface area contributed by atoms with Crippen LogP contribution < -0.4 is 4.72 Å². The number of ether oxygens (including phenoxy) is 1. The van der Waals surface area contributed by atoms with Crippen molar-refractivity contribution in [1.82, 2.24) is 5.16 Å². The number of hydrogen-bond acceptors (Lipinski definition) is 6. The molecule has 1 heterocycles. The molecule has 1 N–H and O–H groups in total. The van der Waals surface area contributed by atoms with Gasteiger partial charge in [-0.15, -0.1) is 0 Å². The van der Waals surface area contributed by atoms with Gasteiger partial charge in [0, 0.05) is 5.02 Å². The lowest BCUT2D eigenvalue weighted by atomic mass is 10.2. The van der Waals surface area contributed by atoms with Gasteiger partial charge < -0.3 is 9.26 Å². The molecule has 0 radical (unpaired) electrons. The smallest absolute Gasteiger partial charge is 0.340 e. The molecule has 0 aliphatic rings. The number of nitrogens with zero attached hydrogens (tertiary/aromatic N) is 1. The molecular formula is C19H17ClN2O5S. The highest BCUT2D eigenvalue weighted by atomic mass is 35.5. The minimum atomic E-state index is -3.90. The van der Waals surface area contributed by atoms with Crippen LogP contribution in [0.2, 0.25) is 5.02 Å². The highest BCUT2D eigenvalue weighted by Crippen LogP contribution is 2.23. The number of rotatable bonds is 6. The molecule has 0 aliphatic carbocycles. The molecule has 2 aromatic carbocycles. The zero-order chi connectivity index (χ0) is 20.3. The molecule has 0 amide bonds. The number of halogens is 1. The quantitative estimate of drug-likeness (QED) is 0.602. The average Bonchev–Trinajstić information content (AvgIpc) is 2.98. The summed E-state index contributed by atoms with van der Waals surface area (Å²) in [6.07, 6.45) is 0. The highest BCUT2D eigenvalue weighted by molar-refractivity contribution is 7.92. The van der Waals surface area contributed by atoms with Crippen LogP contribution in [0.1, 0.15) is 27.4 Å². The van der Waals surface area contributed by atoms with E-state index < -0.39 is 16.0 Å². The first kappa shape index (κ1) is 19.9. The van der Waals surface area contributed by atoms with Crippen LogP contribution >= 0.6 is 11.6 Å². The summed E-state index contributed by atoms with van der Waals surface area (Å²) in [4.78, 5) is 12.5. The molecule has 3 rings (SSSR count). The van der Waals surface area contributed by atoms with Gasteiger partial charge in [0.05, 0.1) is 27.4 Å². The molecule has 3 aromatic rings. The van der Waals surface area contributed by atoms with Gasteiger partial charge in [-0.3, -0.25) is 4.72 Å². The highest BCUT2D eigenvalue weighted by Gasteiger charge is 2.20. The minimum absolute atomic E-state index is 0.0239. The Morgan fingerprint density at radius 3 is 2.46 bits per heavy atom. The molecule has 0 aliphatic heterocycles. The van der Waals surface area contributed by atoms with Crippen LogP contribution in [0.5, 0.6) is 0 Å². The lowest BCUT2D eigenvalue weighted by Gasteiger charge is -2.12. The van der Waals surface area contributed by atoms with Crippen LogP contribution in [0.3, 0.4) is 0 Å². The number of carbonyl (C=O) groups excluding carboxylic acids is 1. The van der Waals surface area contributed by atoms with E-state index in [2.05, 4.69) is 9.88 Å². The summed E-state index contributed by atoms with van der Waals surface area (Å²) in [6.45, 7) is 3.43. The van der Waals surface area contributed by atoms with Gasteiger partial charge in [-0.1, -0.05) is 28.9 Å². The molecule has 0 bridgehead atoms. The minimum Gasteiger partial charge on any atom is -0.457 e. The Morgan fingerprint density at radius 2 is 1.82 bits per heavy atom. The van der Waals surface area contributed by atoms with Crippen molar-refractivity contribution in [3.8, 4) is 0 Å². The molecule has 146 valence electrons. The average molecular weight is 421 g/mol. The lowest BCUT2D eigenvalue weighted by molar-refractivity contribution is 0.0472. The summed E-state index contributed by atoms with van der Waals surface area (Å²) in [6, 6.07) is 11.9. The number of hydrogen-bond donors (Lipinski definition) is 1. The first-order valence-corrected chi connectivity index (χ1v) is 10.1. The summed E-state index contributed by atoms with van der Waals surface area (Å²) in [5.74, 6) is -0.114. The Kier molecular flexibility index (Phi) is 5.71. The van der Waals surface area contributed by atoms with E-state index in [0.29, 0.717) is 22.0 Å². The van der Waals surface area contributed by atoms with Crippen molar-refractivity contribution in [3.05, 3.63) is 76.1 Å². The fourth-order valence-electron chi connectivity index (χ4n) is 2.49. The van der Waals surface area contributed by atoms with Crippen molar-refractivity contribution < 1.29 is 22.5 Å². The third-order valence-electron chi connectivity index (χ3n) is 4.04. The molecule has 7 nitrogen and oxygen atoms in total. The molecule has 0 spiro atoms. The van der Waals surface area contributed by atoms with Gasteiger partial charge in [0.2, 0.25) is 0 Å². The number of para-hydroxylation sites is 1. The fraction of sp³-hybridized carbons (Fsp3) is 0.158. The third kappa shape index (κ3) is 4.35. The summed E-state index contributed by atoms with van der Waals surface area (Å²) < 4.78 is 38.0. The fourth-order valence-corrected chi connectivity index (χ4v) is 3.70. The number of aryl methyl sites for hydroxylation is 2. The Bertz CT molecular complexity index is 1090. The van der Waals surface area contributed by atoms with Gasteiger partial charge in [0.1, 0.15) is 12.4 Å². The Hall–Kier alpha value is -2.84. The maximum atomic E-state index is 12.6. The summed E-state index contributed by atoms with van der Waals surface area (Å²) >= 11 is 5.80. The number of aromatic nitrogens is 1. The SMILES string of the molecule is Cc1noc(C)c1COC(=O)c1ccccc1NS(=O)(=O)c1ccc(Cl)cc1. The van der Waals surface area contributed by atoms with E-state index in [1.807, 2.05) is 0 Å². The maximum Gasteiger partial charge on any atom is 0.340 e. The van der Waals surface area contributed by atoms with Crippen molar-refractivity contribution >= 4 is 33.3 Å². The van der Waals surface area contributed by atoms with Crippen molar-refractivity contribution in [2.24, 2.45) is 0 Å². The second-order valence-corrected chi connectivity index (χ2v) is 8.10. The number of benzene rings is 2. The molecule has 9 heteroatoms. The summed E-state index contributed by atoms with van der Waals surface area (Å²) in [5.41, 5.74) is 1.50. The predicted molar refractivity (Wildman–Crippen MR) is 104 cm³/mol. The predicted octanol–water partition coefficient (Wildman–Crippen LogP) is 4.10. The van der Waals surface area contributed by atoms with Crippen LogP contribution in [0, 0.1) is 13.8 Å². The van der Waals surface area contributed by atoms with Gasteiger partial charge in [0.25, 0.3) is 10.0 Å². The van der Waals surface area contributed by atoms with Crippen molar-refractivity contribution in [2.75, 3.05) is 4.72 Å². The zero-order valence-electron chi connectivity index (χ0n) is 15.1. The number of carbonyl (C=O) groups is 1. The van der Waals surface area contributed by atoms with Crippen LogP contribution in [0.15, 0.2) is 57.9 Å². The largest absolute Gasteiger partial charge is 0.457 e. The zero-order valence-corrected chi connectivity index (χ0v) is 16.7. The van der Waals surface area contributed by atoms with E-state index in [1.165, 1.54) is 36.4 Å². The second-order valence-electron chi connectivity index (χ2n) is 5.98. The molecule has 0 fully saturated rings. The third-order valence-corrected chi connectivity index (χ3v) is 5.68.